The average Bonchev–Trinajstić information content (AvgIpc) is 3.00. The van der Waals surface area contributed by atoms with Gasteiger partial charge in [-0.05, 0) is 116 Å². The van der Waals surface area contributed by atoms with E-state index in [0.717, 1.165) is 16.7 Å². The van der Waals surface area contributed by atoms with Gasteiger partial charge in [0.25, 0.3) is 0 Å². The van der Waals surface area contributed by atoms with Gasteiger partial charge in [-0.2, -0.15) is 0 Å². The van der Waals surface area contributed by atoms with E-state index in [2.05, 4.69) is 146 Å². The van der Waals surface area contributed by atoms with Crippen LogP contribution in [0.1, 0.15) is 38.9 Å². The Kier molecular flexibility index (Phi) is 7.50. The van der Waals surface area contributed by atoms with E-state index in [9.17, 15) is 0 Å². The highest BCUT2D eigenvalue weighted by molar-refractivity contribution is 5.75. The number of hydrogen-bond acceptors (Lipinski definition) is 3. The Morgan fingerprint density at radius 2 is 0.651 bits per heavy atom. The Morgan fingerprint density at radius 1 is 0.302 bits per heavy atom. The SMILES string of the molecule is Cc1ccc(-c2nc(-c3ccc(-c4ccc(C)c(C)c4)c(C)c3)nc(-c3ccc(-c4ccc(C)c(C)c4)c(C)c3)n2)cc1. The fourth-order valence-corrected chi connectivity index (χ4v) is 5.54. The van der Waals surface area contributed by atoms with Crippen LogP contribution in [0.5, 0.6) is 0 Å². The molecule has 6 aromatic rings. The predicted molar refractivity (Wildman–Crippen MR) is 180 cm³/mol. The van der Waals surface area contributed by atoms with Crippen molar-refractivity contribution in [3.8, 4) is 56.4 Å². The van der Waals surface area contributed by atoms with E-state index in [1.165, 1.54) is 61.2 Å². The highest BCUT2D eigenvalue weighted by atomic mass is 15.0. The number of nitrogens with zero attached hydrogens (tertiary/aromatic N) is 3. The number of aryl methyl sites for hydroxylation is 7. The molecule has 0 fully saturated rings. The molecule has 3 heteroatoms. The molecule has 0 saturated carbocycles. The van der Waals surface area contributed by atoms with Crippen LogP contribution in [-0.4, -0.2) is 15.0 Å². The second-order valence-electron chi connectivity index (χ2n) is 11.8. The predicted octanol–water partition coefficient (Wildman–Crippen LogP) is 10.4. The highest BCUT2D eigenvalue weighted by Crippen LogP contribution is 2.32. The highest BCUT2D eigenvalue weighted by Gasteiger charge is 2.15. The summed E-state index contributed by atoms with van der Waals surface area (Å²) in [5.74, 6) is 2.02. The summed E-state index contributed by atoms with van der Waals surface area (Å²) < 4.78 is 0. The fraction of sp³-hybridized carbons (Fsp3) is 0.175. The largest absolute Gasteiger partial charge is 0.208 e. The van der Waals surface area contributed by atoms with Crippen molar-refractivity contribution in [1.82, 2.24) is 15.0 Å². The van der Waals surface area contributed by atoms with Gasteiger partial charge in [0, 0.05) is 16.7 Å². The van der Waals surface area contributed by atoms with E-state index in [4.69, 9.17) is 15.0 Å². The van der Waals surface area contributed by atoms with Crippen molar-refractivity contribution < 1.29 is 0 Å². The second-order valence-corrected chi connectivity index (χ2v) is 11.8. The monoisotopic (exact) mass is 559 g/mol. The van der Waals surface area contributed by atoms with Gasteiger partial charge in [0.1, 0.15) is 0 Å². The van der Waals surface area contributed by atoms with Crippen molar-refractivity contribution in [3.05, 3.63) is 136 Å². The van der Waals surface area contributed by atoms with Crippen molar-refractivity contribution >= 4 is 0 Å². The molecule has 5 aromatic carbocycles. The smallest absolute Gasteiger partial charge is 0.164 e. The van der Waals surface area contributed by atoms with E-state index >= 15 is 0 Å². The Morgan fingerprint density at radius 3 is 1.05 bits per heavy atom. The lowest BCUT2D eigenvalue weighted by Crippen LogP contribution is -2.01. The van der Waals surface area contributed by atoms with Gasteiger partial charge >= 0.3 is 0 Å². The summed E-state index contributed by atoms with van der Waals surface area (Å²) in [6.07, 6.45) is 0. The molecule has 0 atom stereocenters. The van der Waals surface area contributed by atoms with Crippen molar-refractivity contribution in [2.75, 3.05) is 0 Å². The molecule has 0 aliphatic heterocycles. The first-order chi connectivity index (χ1) is 20.7. The minimum Gasteiger partial charge on any atom is -0.208 e. The third-order valence-corrected chi connectivity index (χ3v) is 8.55. The van der Waals surface area contributed by atoms with Crippen molar-refractivity contribution in [2.24, 2.45) is 0 Å². The molecule has 0 unspecified atom stereocenters. The normalized spacial score (nSPS) is 11.1. The molecule has 0 aliphatic carbocycles. The first kappa shape index (κ1) is 28.2. The zero-order valence-corrected chi connectivity index (χ0v) is 26.1. The molecule has 0 spiro atoms. The summed E-state index contributed by atoms with van der Waals surface area (Å²) in [6.45, 7) is 15.0. The number of aromatic nitrogens is 3. The molecule has 1 heterocycles. The molecule has 0 saturated heterocycles. The van der Waals surface area contributed by atoms with Gasteiger partial charge in [0.15, 0.2) is 17.5 Å². The van der Waals surface area contributed by atoms with Crippen LogP contribution in [0.15, 0.2) is 97.1 Å². The molecule has 0 amide bonds. The van der Waals surface area contributed by atoms with Crippen LogP contribution in [0, 0.1) is 48.5 Å². The Balaban J connectivity index is 1.45. The Hall–Kier alpha value is -4.89. The molecule has 0 N–H and O–H groups in total. The molecular weight excluding hydrogens is 522 g/mol. The molecule has 0 bridgehead atoms. The van der Waals surface area contributed by atoms with Crippen LogP contribution in [0.25, 0.3) is 56.4 Å². The van der Waals surface area contributed by atoms with E-state index < -0.39 is 0 Å². The van der Waals surface area contributed by atoms with Gasteiger partial charge < -0.3 is 0 Å². The van der Waals surface area contributed by atoms with Gasteiger partial charge in [0.2, 0.25) is 0 Å². The molecule has 0 aliphatic rings. The van der Waals surface area contributed by atoms with Crippen LogP contribution in [0.3, 0.4) is 0 Å². The van der Waals surface area contributed by atoms with Crippen molar-refractivity contribution in [3.63, 3.8) is 0 Å². The van der Waals surface area contributed by atoms with Crippen LogP contribution in [0.4, 0.5) is 0 Å². The number of benzene rings is 5. The Bertz CT molecular complexity index is 1860. The van der Waals surface area contributed by atoms with Crippen LogP contribution < -0.4 is 0 Å². The molecule has 1 aromatic heterocycles. The topological polar surface area (TPSA) is 38.7 Å². The van der Waals surface area contributed by atoms with Gasteiger partial charge in [-0.3, -0.25) is 0 Å². The summed E-state index contributed by atoms with van der Waals surface area (Å²) in [7, 11) is 0. The molecule has 0 radical (unpaired) electrons. The zero-order chi connectivity index (χ0) is 30.2. The average molecular weight is 560 g/mol. The Labute approximate surface area is 255 Å². The van der Waals surface area contributed by atoms with Gasteiger partial charge in [-0.15, -0.1) is 0 Å². The van der Waals surface area contributed by atoms with E-state index in [0.29, 0.717) is 17.5 Å². The third-order valence-electron chi connectivity index (χ3n) is 8.55. The third kappa shape index (κ3) is 5.76. The second kappa shape index (κ2) is 11.4. The molecule has 6 rings (SSSR count). The standard InChI is InChI=1S/C40H37N3/c1-24-8-12-31(13-9-24)38-41-39(34-16-18-36(29(6)22-34)32-14-10-25(2)27(4)20-32)43-40(42-38)35-17-19-37(30(7)23-35)33-15-11-26(3)28(5)21-33/h8-23H,1-7H3. The van der Waals surface area contributed by atoms with Gasteiger partial charge in [-0.25, -0.2) is 15.0 Å². The number of hydrogen-bond donors (Lipinski definition) is 0. The van der Waals surface area contributed by atoms with Crippen LogP contribution in [-0.2, 0) is 0 Å². The maximum Gasteiger partial charge on any atom is 0.164 e. The number of rotatable bonds is 5. The summed E-state index contributed by atoms with van der Waals surface area (Å²) in [4.78, 5) is 15.0. The zero-order valence-electron chi connectivity index (χ0n) is 26.1. The minimum absolute atomic E-state index is 0.672. The van der Waals surface area contributed by atoms with Crippen LogP contribution >= 0.6 is 0 Å². The molecular formula is C40H37N3. The first-order valence-electron chi connectivity index (χ1n) is 14.9. The lowest BCUT2D eigenvalue weighted by atomic mass is 9.95. The van der Waals surface area contributed by atoms with Crippen molar-refractivity contribution in [1.29, 1.82) is 0 Å². The summed E-state index contributed by atoms with van der Waals surface area (Å²) in [5.41, 5.74) is 16.6. The van der Waals surface area contributed by atoms with Crippen molar-refractivity contribution in [2.45, 2.75) is 48.5 Å². The fourth-order valence-electron chi connectivity index (χ4n) is 5.54. The van der Waals surface area contributed by atoms with Crippen LogP contribution in [0.2, 0.25) is 0 Å². The van der Waals surface area contributed by atoms with Gasteiger partial charge in [-0.1, -0.05) is 90.5 Å². The van der Waals surface area contributed by atoms with E-state index in [1.807, 2.05) is 0 Å². The summed E-state index contributed by atoms with van der Waals surface area (Å²) in [5, 5.41) is 0. The summed E-state index contributed by atoms with van der Waals surface area (Å²) >= 11 is 0. The summed E-state index contributed by atoms with van der Waals surface area (Å²) in [6, 6.07) is 34.7. The van der Waals surface area contributed by atoms with Gasteiger partial charge in [0.05, 0.1) is 0 Å². The molecule has 3 nitrogen and oxygen atoms in total. The maximum absolute atomic E-state index is 5.03. The molecule has 43 heavy (non-hydrogen) atoms. The van der Waals surface area contributed by atoms with E-state index in [1.54, 1.807) is 0 Å². The lowest BCUT2D eigenvalue weighted by molar-refractivity contribution is 1.07. The lowest BCUT2D eigenvalue weighted by Gasteiger charge is -2.13. The quantitative estimate of drug-likeness (QED) is 0.211. The maximum atomic E-state index is 5.03. The molecule has 212 valence electrons. The van der Waals surface area contributed by atoms with E-state index in [-0.39, 0.29) is 0 Å². The minimum atomic E-state index is 0.672. The first-order valence-corrected chi connectivity index (χ1v) is 14.9.